The zero-order valence-electron chi connectivity index (χ0n) is 14.3. The van der Waals surface area contributed by atoms with Crippen molar-refractivity contribution in [1.82, 2.24) is 20.2 Å². The van der Waals surface area contributed by atoms with Crippen molar-refractivity contribution in [3.05, 3.63) is 41.7 Å². The van der Waals surface area contributed by atoms with Crippen molar-refractivity contribution in [3.63, 3.8) is 0 Å². The molecule has 128 valence electrons. The van der Waals surface area contributed by atoms with Crippen LogP contribution in [0.5, 0.6) is 0 Å². The zero-order valence-corrected chi connectivity index (χ0v) is 15.1. The van der Waals surface area contributed by atoms with Crippen LogP contribution in [-0.4, -0.2) is 33.3 Å². The van der Waals surface area contributed by atoms with Crippen LogP contribution in [0, 0.1) is 13.8 Å². The normalized spacial score (nSPS) is 11.8. The minimum Gasteiger partial charge on any atom is -0.338 e. The van der Waals surface area contributed by atoms with Crippen LogP contribution in [0.4, 0.5) is 4.79 Å². The molecule has 0 radical (unpaired) electrons. The van der Waals surface area contributed by atoms with Crippen LogP contribution in [0.25, 0.3) is 5.69 Å². The van der Waals surface area contributed by atoms with Crippen molar-refractivity contribution in [1.29, 1.82) is 0 Å². The van der Waals surface area contributed by atoms with Gasteiger partial charge >= 0.3 is 6.03 Å². The van der Waals surface area contributed by atoms with E-state index in [1.807, 2.05) is 22.9 Å². The highest BCUT2D eigenvalue weighted by Gasteiger charge is 2.20. The number of nitrogens with zero attached hydrogens (tertiary/aromatic N) is 2. The number of aryl methyl sites for hydroxylation is 1. The fraction of sp³-hybridized carbons (Fsp3) is 0.353. The van der Waals surface area contributed by atoms with Crippen molar-refractivity contribution < 1.29 is 9.59 Å². The van der Waals surface area contributed by atoms with E-state index in [1.54, 1.807) is 20.0 Å². The Morgan fingerprint density at radius 3 is 2.79 bits per heavy atom. The van der Waals surface area contributed by atoms with Gasteiger partial charge < -0.3 is 5.32 Å². The maximum Gasteiger partial charge on any atom is 0.321 e. The highest BCUT2D eigenvalue weighted by Crippen LogP contribution is 2.27. The molecule has 7 heteroatoms. The van der Waals surface area contributed by atoms with Gasteiger partial charge in [0.15, 0.2) is 5.16 Å². The summed E-state index contributed by atoms with van der Waals surface area (Å²) in [6, 6.07) is 5.60. The third-order valence-corrected chi connectivity index (χ3v) is 4.75. The number of thioether (sulfide) groups is 1. The van der Waals surface area contributed by atoms with Crippen molar-refractivity contribution >= 4 is 23.7 Å². The number of carbonyl (C=O) groups is 2. The summed E-state index contributed by atoms with van der Waals surface area (Å²) in [6.07, 6.45) is 3.58. The van der Waals surface area contributed by atoms with E-state index in [0.29, 0.717) is 11.7 Å². The molecular weight excluding hydrogens is 324 g/mol. The molecule has 2 aromatic rings. The summed E-state index contributed by atoms with van der Waals surface area (Å²) in [5.74, 6) is -0.346. The Balaban J connectivity index is 2.15. The lowest BCUT2D eigenvalue weighted by molar-refractivity contribution is -0.119. The van der Waals surface area contributed by atoms with Crippen molar-refractivity contribution in [3.8, 4) is 5.69 Å². The molecule has 1 aromatic carbocycles. The van der Waals surface area contributed by atoms with Crippen molar-refractivity contribution in [2.45, 2.75) is 38.1 Å². The average molecular weight is 346 g/mol. The summed E-state index contributed by atoms with van der Waals surface area (Å²) in [6.45, 7) is 8.14. The van der Waals surface area contributed by atoms with E-state index in [4.69, 9.17) is 0 Å². The van der Waals surface area contributed by atoms with Gasteiger partial charge in [-0.05, 0) is 44.9 Å². The molecule has 0 spiro atoms. The van der Waals surface area contributed by atoms with Gasteiger partial charge in [0.1, 0.15) is 0 Å². The molecule has 0 bridgehead atoms. The summed E-state index contributed by atoms with van der Waals surface area (Å²) < 4.78 is 1.96. The predicted molar refractivity (Wildman–Crippen MR) is 95.6 cm³/mol. The molecule has 0 fully saturated rings. The van der Waals surface area contributed by atoms with Crippen LogP contribution in [0.3, 0.4) is 0 Å². The molecule has 0 aliphatic rings. The maximum absolute atomic E-state index is 12.1. The topological polar surface area (TPSA) is 76.0 Å². The fourth-order valence-corrected chi connectivity index (χ4v) is 3.06. The number of rotatable bonds is 5. The van der Waals surface area contributed by atoms with Crippen LogP contribution in [0.15, 0.2) is 35.7 Å². The van der Waals surface area contributed by atoms with Gasteiger partial charge in [0, 0.05) is 18.9 Å². The Labute approximate surface area is 146 Å². The van der Waals surface area contributed by atoms with Gasteiger partial charge in [-0.2, -0.15) is 0 Å². The van der Waals surface area contributed by atoms with Crippen molar-refractivity contribution in [2.24, 2.45) is 0 Å². The lowest BCUT2D eigenvalue weighted by Crippen LogP contribution is -2.42. The first-order valence-corrected chi connectivity index (χ1v) is 8.67. The van der Waals surface area contributed by atoms with E-state index in [0.717, 1.165) is 11.3 Å². The molecule has 24 heavy (non-hydrogen) atoms. The molecule has 0 aliphatic carbocycles. The Hall–Kier alpha value is -2.28. The second-order valence-corrected chi connectivity index (χ2v) is 6.72. The molecular formula is C17H22N4O2S. The van der Waals surface area contributed by atoms with Gasteiger partial charge in [-0.25, -0.2) is 9.78 Å². The molecule has 0 saturated heterocycles. The third-order valence-electron chi connectivity index (χ3n) is 3.67. The molecule has 1 atom stereocenters. The highest BCUT2D eigenvalue weighted by atomic mass is 32.2. The van der Waals surface area contributed by atoms with Crippen LogP contribution in [0.2, 0.25) is 0 Å². The SMILES string of the molecule is CCNC(=O)NC(=O)C(C)Sc1nccn1-c1cccc(C)c1C. The maximum atomic E-state index is 12.1. The third kappa shape index (κ3) is 4.17. The summed E-state index contributed by atoms with van der Waals surface area (Å²) in [4.78, 5) is 27.9. The monoisotopic (exact) mass is 346 g/mol. The smallest absolute Gasteiger partial charge is 0.321 e. The molecule has 1 aromatic heterocycles. The number of hydrogen-bond donors (Lipinski definition) is 2. The molecule has 0 saturated carbocycles. The van der Waals surface area contributed by atoms with Crippen LogP contribution in [-0.2, 0) is 4.79 Å². The van der Waals surface area contributed by atoms with Crippen LogP contribution >= 0.6 is 11.8 Å². The van der Waals surface area contributed by atoms with E-state index in [9.17, 15) is 9.59 Å². The summed E-state index contributed by atoms with van der Waals surface area (Å²) in [5.41, 5.74) is 3.39. The van der Waals surface area contributed by atoms with Crippen molar-refractivity contribution in [2.75, 3.05) is 6.54 Å². The Morgan fingerprint density at radius 1 is 1.33 bits per heavy atom. The Morgan fingerprint density at radius 2 is 2.08 bits per heavy atom. The zero-order chi connectivity index (χ0) is 17.7. The molecule has 6 nitrogen and oxygen atoms in total. The number of hydrogen-bond acceptors (Lipinski definition) is 4. The Bertz CT molecular complexity index is 742. The van der Waals surface area contributed by atoms with E-state index in [1.165, 1.54) is 17.3 Å². The predicted octanol–water partition coefficient (Wildman–Crippen LogP) is 2.82. The van der Waals surface area contributed by atoms with E-state index < -0.39 is 11.3 Å². The number of aromatic nitrogens is 2. The molecule has 2 N–H and O–H groups in total. The minimum atomic E-state index is -0.479. The second kappa shape index (κ2) is 8.01. The number of imide groups is 1. The van der Waals surface area contributed by atoms with Gasteiger partial charge in [0.2, 0.25) is 5.91 Å². The lowest BCUT2D eigenvalue weighted by atomic mass is 10.1. The first-order chi connectivity index (χ1) is 11.4. The van der Waals surface area contributed by atoms with E-state index >= 15 is 0 Å². The van der Waals surface area contributed by atoms with Gasteiger partial charge in [-0.1, -0.05) is 23.9 Å². The standard InChI is InChI=1S/C17H22N4O2S/c1-5-18-16(23)20-15(22)13(4)24-17-19-9-10-21(17)14-8-6-7-11(2)12(14)3/h6-10,13H,5H2,1-4H3,(H2,18,20,22,23). The first kappa shape index (κ1) is 18.1. The minimum absolute atomic E-state index is 0.346. The van der Waals surface area contributed by atoms with Gasteiger partial charge in [-0.15, -0.1) is 0 Å². The number of nitrogens with one attached hydrogen (secondary N) is 2. The number of amides is 3. The average Bonchev–Trinajstić information content (AvgIpc) is 2.98. The number of urea groups is 1. The van der Waals surface area contributed by atoms with Gasteiger partial charge in [0.25, 0.3) is 0 Å². The number of imidazole rings is 1. The second-order valence-electron chi connectivity index (χ2n) is 5.41. The van der Waals surface area contributed by atoms with Gasteiger partial charge in [0.05, 0.1) is 10.9 Å². The Kier molecular flexibility index (Phi) is 6.03. The molecule has 0 aliphatic heterocycles. The highest BCUT2D eigenvalue weighted by molar-refractivity contribution is 8.00. The lowest BCUT2D eigenvalue weighted by Gasteiger charge is -2.15. The fourth-order valence-electron chi connectivity index (χ4n) is 2.19. The first-order valence-electron chi connectivity index (χ1n) is 7.79. The number of carbonyl (C=O) groups excluding carboxylic acids is 2. The largest absolute Gasteiger partial charge is 0.338 e. The van der Waals surface area contributed by atoms with Gasteiger partial charge in [-0.3, -0.25) is 14.7 Å². The van der Waals surface area contributed by atoms with E-state index in [-0.39, 0.29) is 5.91 Å². The van der Waals surface area contributed by atoms with E-state index in [2.05, 4.69) is 35.5 Å². The number of benzene rings is 1. The molecule has 1 heterocycles. The summed E-state index contributed by atoms with van der Waals surface area (Å²) in [7, 11) is 0. The van der Waals surface area contributed by atoms with Crippen LogP contribution in [0.1, 0.15) is 25.0 Å². The quantitative estimate of drug-likeness (QED) is 0.816. The van der Waals surface area contributed by atoms with Crippen LogP contribution < -0.4 is 10.6 Å². The summed E-state index contributed by atoms with van der Waals surface area (Å²) >= 11 is 1.31. The summed E-state index contributed by atoms with van der Waals surface area (Å²) in [5, 5.41) is 5.13. The molecule has 1 unspecified atom stereocenters. The molecule has 3 amide bonds. The molecule has 2 rings (SSSR count).